The molecule has 0 aliphatic carbocycles. The molecule has 5 aromatic rings. The van der Waals surface area contributed by atoms with Gasteiger partial charge in [0.1, 0.15) is 0 Å². The second-order valence-corrected chi connectivity index (χ2v) is 18.1. The average molecular weight is 450 g/mol. The van der Waals surface area contributed by atoms with Gasteiger partial charge in [0.15, 0.2) is 0 Å². The van der Waals surface area contributed by atoms with E-state index in [-0.39, 0.29) is 0 Å². The van der Waals surface area contributed by atoms with E-state index in [2.05, 4.69) is 86.0 Å². The molecule has 0 saturated carbocycles. The molecule has 0 spiro atoms. The predicted octanol–water partition coefficient (Wildman–Crippen LogP) is 6.07. The first-order valence-corrected chi connectivity index (χ1v) is 16.8. The van der Waals surface area contributed by atoms with E-state index in [9.17, 15) is 0 Å². The third-order valence-electron chi connectivity index (χ3n) is 6.85. The Balaban J connectivity index is 1.66. The van der Waals surface area contributed by atoms with Crippen LogP contribution in [0.3, 0.4) is 0 Å². The second kappa shape index (κ2) is 6.08. The number of aromatic nitrogens is 1. The molecule has 0 amide bonds. The van der Waals surface area contributed by atoms with Crippen LogP contribution in [0.4, 0.5) is 0 Å². The minimum absolute atomic E-state index is 0.936. The number of hydrogen-bond acceptors (Lipinski definition) is 2. The Morgan fingerprint density at radius 3 is 2.37 bits per heavy atom. The Kier molecular flexibility index (Phi) is 3.64. The average Bonchev–Trinajstić information content (AvgIpc) is 3.22. The molecule has 30 heavy (non-hydrogen) atoms. The first-order valence-electron chi connectivity index (χ1n) is 10.5. The number of pyridine rings is 1. The predicted molar refractivity (Wildman–Crippen MR) is 129 cm³/mol. The van der Waals surface area contributed by atoms with Gasteiger partial charge in [-0.15, -0.1) is 0 Å². The molecular formula is C27H23GeNO. The summed E-state index contributed by atoms with van der Waals surface area (Å²) >= 11 is -2.30. The zero-order valence-electron chi connectivity index (χ0n) is 17.7. The van der Waals surface area contributed by atoms with Crippen LogP contribution < -0.4 is 8.79 Å². The van der Waals surface area contributed by atoms with Gasteiger partial charge in [-0.2, -0.15) is 0 Å². The third-order valence-corrected chi connectivity index (χ3v) is 14.3. The van der Waals surface area contributed by atoms with Gasteiger partial charge in [0.25, 0.3) is 0 Å². The topological polar surface area (TPSA) is 26.0 Å². The second-order valence-electron chi connectivity index (χ2n) is 9.00. The van der Waals surface area contributed by atoms with Crippen molar-refractivity contribution in [1.29, 1.82) is 0 Å². The SMILES string of the molecule is Cc1cnc(-c2cccc3c2oc2c[c]4c(cc23)-c2cccc[c]2[Ge]4([CH3])[CH3])cc1C. The summed E-state index contributed by atoms with van der Waals surface area (Å²) in [5.41, 5.74) is 9.24. The Labute approximate surface area is 178 Å². The van der Waals surface area contributed by atoms with E-state index in [0.717, 1.165) is 22.4 Å². The summed E-state index contributed by atoms with van der Waals surface area (Å²) in [6.07, 6.45) is 1.95. The number of furan rings is 1. The van der Waals surface area contributed by atoms with Gasteiger partial charge in [-0.25, -0.2) is 0 Å². The van der Waals surface area contributed by atoms with Crippen molar-refractivity contribution in [3.63, 3.8) is 0 Å². The Bertz CT molecular complexity index is 1490. The molecule has 3 aromatic carbocycles. The van der Waals surface area contributed by atoms with E-state index < -0.39 is 13.3 Å². The van der Waals surface area contributed by atoms with Gasteiger partial charge in [-0.05, 0) is 0 Å². The first-order chi connectivity index (χ1) is 14.4. The molecule has 1 aliphatic heterocycles. The van der Waals surface area contributed by atoms with Crippen LogP contribution in [0.1, 0.15) is 11.1 Å². The van der Waals surface area contributed by atoms with Crippen molar-refractivity contribution in [3.8, 4) is 22.4 Å². The fourth-order valence-corrected chi connectivity index (χ4v) is 11.4. The number of benzene rings is 3. The summed E-state index contributed by atoms with van der Waals surface area (Å²) in [7, 11) is 0. The van der Waals surface area contributed by atoms with Crippen molar-refractivity contribution >= 4 is 44.0 Å². The summed E-state index contributed by atoms with van der Waals surface area (Å²) in [6.45, 7) is 4.23. The fraction of sp³-hybridized carbons (Fsp3) is 0.148. The Hall–Kier alpha value is -2.85. The molecule has 146 valence electrons. The van der Waals surface area contributed by atoms with E-state index in [4.69, 9.17) is 9.40 Å². The number of para-hydroxylation sites is 1. The zero-order valence-corrected chi connectivity index (χ0v) is 19.8. The number of fused-ring (bicyclic) bond motifs is 6. The monoisotopic (exact) mass is 451 g/mol. The molecule has 0 atom stereocenters. The van der Waals surface area contributed by atoms with Crippen LogP contribution in [0.25, 0.3) is 44.3 Å². The molecule has 0 bridgehead atoms. The summed E-state index contributed by atoms with van der Waals surface area (Å²) in [5.74, 6) is 4.98. The summed E-state index contributed by atoms with van der Waals surface area (Å²) in [5, 5.41) is 2.37. The van der Waals surface area contributed by atoms with Gasteiger partial charge in [0, 0.05) is 0 Å². The van der Waals surface area contributed by atoms with Crippen LogP contribution >= 0.6 is 0 Å². The number of aryl methyl sites for hydroxylation is 2. The first kappa shape index (κ1) is 18.0. The van der Waals surface area contributed by atoms with Crippen LogP contribution in [0.2, 0.25) is 11.5 Å². The van der Waals surface area contributed by atoms with Crippen molar-refractivity contribution in [2.45, 2.75) is 25.4 Å². The van der Waals surface area contributed by atoms with Crippen LogP contribution in [0, 0.1) is 13.8 Å². The molecule has 2 nitrogen and oxygen atoms in total. The fourth-order valence-electron chi connectivity index (χ4n) is 4.97. The van der Waals surface area contributed by atoms with Crippen LogP contribution in [-0.2, 0) is 0 Å². The standard InChI is InChI=1S/C27H23GeNO/c1-16-12-25(29-15-17(16)2)20-10-7-9-19-22-13-21-18-8-5-6-11-23(18)28(3,4)24(21)14-26(22)30-27(19)20/h5-15H,1-4H3. The molecule has 0 saturated heterocycles. The summed E-state index contributed by atoms with van der Waals surface area (Å²) in [6, 6.07) is 22.2. The van der Waals surface area contributed by atoms with Crippen molar-refractivity contribution in [2.24, 2.45) is 0 Å². The van der Waals surface area contributed by atoms with Crippen LogP contribution in [0.15, 0.2) is 71.3 Å². The van der Waals surface area contributed by atoms with E-state index in [0.29, 0.717) is 0 Å². The minimum atomic E-state index is -2.30. The molecule has 1 aliphatic rings. The third kappa shape index (κ3) is 2.34. The van der Waals surface area contributed by atoms with Crippen molar-refractivity contribution in [3.05, 3.63) is 78.0 Å². The van der Waals surface area contributed by atoms with Crippen molar-refractivity contribution < 1.29 is 4.42 Å². The molecule has 3 heteroatoms. The maximum atomic E-state index is 6.52. The van der Waals surface area contributed by atoms with Crippen molar-refractivity contribution in [1.82, 2.24) is 4.98 Å². The number of nitrogens with zero attached hydrogens (tertiary/aromatic N) is 1. The van der Waals surface area contributed by atoms with Gasteiger partial charge in [-0.3, -0.25) is 0 Å². The maximum absolute atomic E-state index is 6.52. The molecule has 2 aromatic heterocycles. The van der Waals surface area contributed by atoms with E-state index in [1.54, 1.807) is 4.40 Å². The normalized spacial score (nSPS) is 14.3. The van der Waals surface area contributed by atoms with E-state index >= 15 is 0 Å². The Morgan fingerprint density at radius 2 is 1.53 bits per heavy atom. The zero-order chi connectivity index (χ0) is 20.6. The van der Waals surface area contributed by atoms with E-state index in [1.807, 2.05) is 6.20 Å². The van der Waals surface area contributed by atoms with Crippen LogP contribution in [0.5, 0.6) is 0 Å². The molecule has 0 fully saturated rings. The van der Waals surface area contributed by atoms with Gasteiger partial charge >= 0.3 is 179 Å². The summed E-state index contributed by atoms with van der Waals surface area (Å²) < 4.78 is 9.61. The van der Waals surface area contributed by atoms with Gasteiger partial charge in [0.05, 0.1) is 0 Å². The molecular weight excluding hydrogens is 427 g/mol. The molecule has 6 rings (SSSR count). The Morgan fingerprint density at radius 1 is 0.733 bits per heavy atom. The van der Waals surface area contributed by atoms with Crippen molar-refractivity contribution in [2.75, 3.05) is 0 Å². The molecule has 3 heterocycles. The quantitative estimate of drug-likeness (QED) is 0.290. The molecule has 0 unspecified atom stereocenters. The summed E-state index contributed by atoms with van der Waals surface area (Å²) in [4.78, 5) is 4.69. The van der Waals surface area contributed by atoms with Gasteiger partial charge < -0.3 is 0 Å². The molecule has 0 radical (unpaired) electrons. The van der Waals surface area contributed by atoms with Gasteiger partial charge in [0.2, 0.25) is 0 Å². The number of hydrogen-bond donors (Lipinski definition) is 0. The van der Waals surface area contributed by atoms with Crippen LogP contribution in [-0.4, -0.2) is 18.3 Å². The van der Waals surface area contributed by atoms with Gasteiger partial charge in [-0.1, -0.05) is 0 Å². The molecule has 0 N–H and O–H groups in total. The number of rotatable bonds is 1. The van der Waals surface area contributed by atoms with E-state index in [1.165, 1.54) is 37.4 Å².